The summed E-state index contributed by atoms with van der Waals surface area (Å²) < 4.78 is -2.07. The zero-order valence-electron chi connectivity index (χ0n) is 11.2. The van der Waals surface area contributed by atoms with Gasteiger partial charge in [0.25, 0.3) is 9.70 Å². The summed E-state index contributed by atoms with van der Waals surface area (Å²) in [6.07, 6.45) is -0.910. The summed E-state index contributed by atoms with van der Waals surface area (Å²) in [6, 6.07) is -0.615. The maximum atomic E-state index is 11.6. The molecular weight excluding hydrogens is 312 g/mol. The molecule has 1 amide bonds. The van der Waals surface area contributed by atoms with Gasteiger partial charge in [-0.25, -0.2) is 0 Å². The molecule has 4 atom stereocenters. The minimum atomic E-state index is -2.07. The van der Waals surface area contributed by atoms with Crippen molar-refractivity contribution in [3.8, 4) is 0 Å². The Morgan fingerprint density at radius 1 is 1.16 bits per heavy atom. The van der Waals surface area contributed by atoms with Crippen LogP contribution in [-0.2, 0) is 4.79 Å². The third-order valence-electron chi connectivity index (χ3n) is 3.67. The van der Waals surface area contributed by atoms with Crippen molar-refractivity contribution in [3.05, 3.63) is 0 Å². The molecule has 0 unspecified atom stereocenters. The number of carbonyl (C=O) groups excluding carboxylic acids is 1. The second-order valence-electron chi connectivity index (χ2n) is 6.17. The predicted octanol–water partition coefficient (Wildman–Crippen LogP) is 2.02. The van der Waals surface area contributed by atoms with Gasteiger partial charge in [-0.15, -0.1) is 0 Å². The van der Waals surface area contributed by atoms with Crippen molar-refractivity contribution < 1.29 is 15.0 Å². The quantitative estimate of drug-likeness (QED) is 0.643. The van der Waals surface area contributed by atoms with E-state index in [0.717, 1.165) is 0 Å². The van der Waals surface area contributed by atoms with Gasteiger partial charge in [0.2, 0.25) is 0 Å². The molecule has 3 N–H and O–H groups in total. The highest BCUT2D eigenvalue weighted by Gasteiger charge is 2.42. The van der Waals surface area contributed by atoms with Gasteiger partial charge in [0.05, 0.1) is 12.1 Å². The van der Waals surface area contributed by atoms with E-state index in [1.807, 2.05) is 0 Å². The van der Waals surface area contributed by atoms with Gasteiger partial charge >= 0.3 is 0 Å². The van der Waals surface area contributed by atoms with E-state index in [9.17, 15) is 15.0 Å². The Bertz CT molecular complexity index is 338. The van der Waals surface area contributed by atoms with Gasteiger partial charge in [0.15, 0.2) is 0 Å². The van der Waals surface area contributed by atoms with Gasteiger partial charge in [-0.2, -0.15) is 0 Å². The van der Waals surface area contributed by atoms with E-state index in [1.165, 1.54) is 0 Å². The Hall–Kier alpha value is 0.260. The van der Waals surface area contributed by atoms with E-state index >= 15 is 0 Å². The molecule has 0 spiro atoms. The molecule has 112 valence electrons. The first-order valence-corrected chi connectivity index (χ1v) is 7.30. The lowest BCUT2D eigenvalue weighted by molar-refractivity contribution is -0.125. The zero-order valence-corrected chi connectivity index (χ0v) is 13.4. The van der Waals surface area contributed by atoms with Crippen LogP contribution in [0.5, 0.6) is 0 Å². The van der Waals surface area contributed by atoms with Crippen LogP contribution < -0.4 is 5.32 Å². The Morgan fingerprint density at radius 2 is 1.68 bits per heavy atom. The topological polar surface area (TPSA) is 69.6 Å². The minimum Gasteiger partial charge on any atom is -0.390 e. The highest BCUT2D eigenvalue weighted by Crippen LogP contribution is 2.38. The molecule has 0 bridgehead atoms. The number of amides is 1. The molecule has 0 radical (unpaired) electrons. The summed E-state index contributed by atoms with van der Waals surface area (Å²) in [5.74, 6) is -0.630. The van der Waals surface area contributed by atoms with Crippen molar-refractivity contribution in [3.63, 3.8) is 0 Å². The summed E-state index contributed by atoms with van der Waals surface area (Å²) >= 11 is 16.5. The molecular formula is C12H20Cl3NO3. The van der Waals surface area contributed by atoms with Gasteiger partial charge < -0.3 is 15.5 Å². The Balaban J connectivity index is 2.78. The molecule has 0 saturated heterocycles. The summed E-state index contributed by atoms with van der Waals surface area (Å²) in [4.78, 5) is 11.6. The molecule has 0 aliphatic heterocycles. The number of alkyl halides is 3. The number of aliphatic hydroxyl groups excluding tert-OH is 2. The van der Waals surface area contributed by atoms with Gasteiger partial charge in [0, 0.05) is 0 Å². The normalized spacial score (nSPS) is 33.1. The fourth-order valence-corrected chi connectivity index (χ4v) is 2.51. The molecule has 1 aliphatic rings. The van der Waals surface area contributed by atoms with Crippen LogP contribution in [0.4, 0.5) is 0 Å². The van der Waals surface area contributed by atoms with Gasteiger partial charge in [-0.1, -0.05) is 55.6 Å². The van der Waals surface area contributed by atoms with Gasteiger partial charge in [-0.3, -0.25) is 4.79 Å². The van der Waals surface area contributed by atoms with E-state index in [4.69, 9.17) is 34.8 Å². The molecule has 1 fully saturated rings. The van der Waals surface area contributed by atoms with Crippen molar-refractivity contribution in [2.75, 3.05) is 0 Å². The maximum absolute atomic E-state index is 11.6. The smallest absolute Gasteiger partial charge is 0.272 e. The molecule has 1 aliphatic carbocycles. The first kappa shape index (κ1) is 17.3. The Kier molecular flexibility index (Phi) is 5.41. The van der Waals surface area contributed by atoms with Crippen LogP contribution in [0.2, 0.25) is 0 Å². The fraction of sp³-hybridized carbons (Fsp3) is 0.917. The van der Waals surface area contributed by atoms with Crippen LogP contribution in [-0.4, -0.2) is 38.2 Å². The molecule has 0 aromatic rings. The lowest BCUT2D eigenvalue weighted by Crippen LogP contribution is -2.56. The van der Waals surface area contributed by atoms with Crippen LogP contribution >= 0.6 is 34.8 Å². The molecule has 0 aromatic carbocycles. The largest absolute Gasteiger partial charge is 0.390 e. The third-order valence-corrected chi connectivity index (χ3v) is 4.18. The van der Waals surface area contributed by atoms with E-state index < -0.39 is 27.9 Å². The van der Waals surface area contributed by atoms with Crippen molar-refractivity contribution in [1.29, 1.82) is 0 Å². The van der Waals surface area contributed by atoms with Crippen LogP contribution in [0.3, 0.4) is 0 Å². The third kappa shape index (κ3) is 4.64. The molecule has 1 rings (SSSR count). The Morgan fingerprint density at radius 3 is 2.11 bits per heavy atom. The molecule has 0 heterocycles. The van der Waals surface area contributed by atoms with Crippen molar-refractivity contribution in [2.45, 2.75) is 55.7 Å². The number of rotatable bonds is 1. The number of carbonyl (C=O) groups is 1. The average molecular weight is 333 g/mol. The van der Waals surface area contributed by atoms with Crippen LogP contribution in [0, 0.1) is 11.3 Å². The average Bonchev–Trinajstić information content (AvgIpc) is 2.21. The SMILES string of the molecule is CC(C)(C)[C@@H]1C[C@@H](O)[C@@H](O)[C@H](NC(=O)C(Cl)(Cl)Cl)C1. The molecule has 4 nitrogen and oxygen atoms in total. The number of aliphatic hydroxyl groups is 2. The van der Waals surface area contributed by atoms with E-state index in [0.29, 0.717) is 12.8 Å². The highest BCUT2D eigenvalue weighted by atomic mass is 35.6. The van der Waals surface area contributed by atoms with E-state index in [-0.39, 0.29) is 11.3 Å². The van der Waals surface area contributed by atoms with Crippen LogP contribution in [0.25, 0.3) is 0 Å². The Labute approximate surface area is 128 Å². The maximum Gasteiger partial charge on any atom is 0.272 e. The number of hydrogen-bond donors (Lipinski definition) is 3. The molecule has 7 heteroatoms. The monoisotopic (exact) mass is 331 g/mol. The van der Waals surface area contributed by atoms with Gasteiger partial charge in [-0.05, 0) is 24.2 Å². The second-order valence-corrected chi connectivity index (χ2v) is 8.45. The van der Waals surface area contributed by atoms with Crippen molar-refractivity contribution in [2.24, 2.45) is 11.3 Å². The van der Waals surface area contributed by atoms with Gasteiger partial charge in [0.1, 0.15) is 6.10 Å². The van der Waals surface area contributed by atoms with E-state index in [1.54, 1.807) is 0 Å². The zero-order chi connectivity index (χ0) is 15.0. The first-order valence-electron chi connectivity index (χ1n) is 6.16. The van der Waals surface area contributed by atoms with Crippen molar-refractivity contribution in [1.82, 2.24) is 5.32 Å². The molecule has 19 heavy (non-hydrogen) atoms. The fourth-order valence-electron chi connectivity index (χ4n) is 2.34. The minimum absolute atomic E-state index is 0.0376. The molecule has 1 saturated carbocycles. The second kappa shape index (κ2) is 5.94. The number of hydrogen-bond acceptors (Lipinski definition) is 3. The number of nitrogens with one attached hydrogen (secondary N) is 1. The highest BCUT2D eigenvalue weighted by molar-refractivity contribution is 6.76. The van der Waals surface area contributed by atoms with E-state index in [2.05, 4.69) is 26.1 Å². The van der Waals surface area contributed by atoms with Crippen LogP contribution in [0.1, 0.15) is 33.6 Å². The lowest BCUT2D eigenvalue weighted by atomic mass is 9.69. The summed E-state index contributed by atoms with van der Waals surface area (Å²) in [7, 11) is 0. The summed E-state index contributed by atoms with van der Waals surface area (Å²) in [6.45, 7) is 6.15. The van der Waals surface area contributed by atoms with Crippen molar-refractivity contribution >= 4 is 40.7 Å². The summed E-state index contributed by atoms with van der Waals surface area (Å²) in [5.41, 5.74) is -0.0376. The summed E-state index contributed by atoms with van der Waals surface area (Å²) in [5, 5.41) is 22.3. The molecule has 0 aromatic heterocycles. The standard InChI is InChI=1S/C12H20Cl3NO3/c1-11(2,3)6-4-7(9(18)8(17)5-6)16-10(19)12(13,14)15/h6-9,17-18H,4-5H2,1-3H3,(H,16,19)/t6-,7+,8+,9-/m0/s1. The lowest BCUT2D eigenvalue weighted by Gasteiger charge is -2.43. The predicted molar refractivity (Wildman–Crippen MR) is 76.4 cm³/mol. The number of halogens is 3. The first-order chi connectivity index (χ1) is 8.43. The van der Waals surface area contributed by atoms with Crippen LogP contribution in [0.15, 0.2) is 0 Å².